The van der Waals surface area contributed by atoms with Crippen molar-refractivity contribution in [2.75, 3.05) is 0 Å². The summed E-state index contributed by atoms with van der Waals surface area (Å²) < 4.78 is 0. The molecule has 0 aromatic heterocycles. The van der Waals surface area contributed by atoms with Gasteiger partial charge in [-0.2, -0.15) is 0 Å². The van der Waals surface area contributed by atoms with E-state index >= 15 is 0 Å². The molecule has 2 atom stereocenters. The van der Waals surface area contributed by atoms with Gasteiger partial charge in [-0.1, -0.05) is 78.9 Å². The van der Waals surface area contributed by atoms with Crippen LogP contribution in [0.4, 0.5) is 0 Å². The molecule has 0 saturated carbocycles. The zero-order valence-electron chi connectivity index (χ0n) is 16.1. The van der Waals surface area contributed by atoms with Gasteiger partial charge in [0.1, 0.15) is 5.37 Å². The van der Waals surface area contributed by atoms with Crippen molar-refractivity contribution in [1.29, 1.82) is 0 Å². The summed E-state index contributed by atoms with van der Waals surface area (Å²) >= 11 is 1.85. The maximum absolute atomic E-state index is 13.2. The third kappa shape index (κ3) is 4.00. The van der Waals surface area contributed by atoms with Gasteiger partial charge in [0.25, 0.3) is 5.91 Å². The molecule has 0 spiro atoms. The van der Waals surface area contributed by atoms with Crippen LogP contribution in [-0.4, -0.2) is 16.8 Å². The molecule has 2 unspecified atom stereocenters. The third-order valence-electron chi connectivity index (χ3n) is 5.36. The van der Waals surface area contributed by atoms with Crippen molar-refractivity contribution in [2.45, 2.75) is 36.9 Å². The largest absolute Gasteiger partial charge is 0.320 e. The highest BCUT2D eigenvalue weighted by molar-refractivity contribution is 7.98. The van der Waals surface area contributed by atoms with Crippen LogP contribution in [0.2, 0.25) is 0 Å². The molecule has 0 N–H and O–H groups in total. The second-order valence-electron chi connectivity index (χ2n) is 7.32. The summed E-state index contributed by atoms with van der Waals surface area (Å²) in [6.07, 6.45) is 1.95. The molecule has 3 heteroatoms. The van der Waals surface area contributed by atoms with Crippen molar-refractivity contribution in [3.63, 3.8) is 0 Å². The SMILES string of the molecule is CC(CCc1ccccc1)N1C(=O)c2ccccc2C1SCc1ccccc1. The fourth-order valence-electron chi connectivity index (χ4n) is 3.81. The van der Waals surface area contributed by atoms with E-state index in [2.05, 4.69) is 66.4 Å². The zero-order chi connectivity index (χ0) is 19.3. The van der Waals surface area contributed by atoms with Crippen LogP contribution in [-0.2, 0) is 12.2 Å². The van der Waals surface area contributed by atoms with Gasteiger partial charge in [0.15, 0.2) is 0 Å². The molecule has 0 saturated heterocycles. The highest BCUT2D eigenvalue weighted by atomic mass is 32.2. The van der Waals surface area contributed by atoms with Crippen molar-refractivity contribution >= 4 is 17.7 Å². The number of carbonyl (C=O) groups excluding carboxylic acids is 1. The Kier molecular flexibility index (Phi) is 5.82. The van der Waals surface area contributed by atoms with Gasteiger partial charge in [-0.3, -0.25) is 4.79 Å². The molecular formula is C25H25NOS. The van der Waals surface area contributed by atoms with E-state index in [9.17, 15) is 4.79 Å². The molecule has 0 bridgehead atoms. The first kappa shape index (κ1) is 18.8. The van der Waals surface area contributed by atoms with Crippen LogP contribution in [0.5, 0.6) is 0 Å². The standard InChI is InChI=1S/C25H25NOS/c1-19(16-17-20-10-4-2-5-11-20)26-24(27)22-14-8-9-15-23(22)25(26)28-18-21-12-6-3-7-13-21/h2-15,19,25H,16-18H2,1H3. The Hall–Kier alpha value is -2.52. The van der Waals surface area contributed by atoms with Gasteiger partial charge in [0.05, 0.1) is 0 Å². The summed E-state index contributed by atoms with van der Waals surface area (Å²) in [5, 5.41) is 0.0784. The predicted octanol–water partition coefficient (Wildman–Crippen LogP) is 6.10. The number of hydrogen-bond acceptors (Lipinski definition) is 2. The number of benzene rings is 3. The second-order valence-corrected chi connectivity index (χ2v) is 8.39. The molecule has 1 aliphatic heterocycles. The molecule has 28 heavy (non-hydrogen) atoms. The van der Waals surface area contributed by atoms with Crippen LogP contribution in [0.1, 0.15) is 45.8 Å². The van der Waals surface area contributed by atoms with Crippen molar-refractivity contribution in [1.82, 2.24) is 4.90 Å². The summed E-state index contributed by atoms with van der Waals surface area (Å²) in [5.41, 5.74) is 4.63. The minimum Gasteiger partial charge on any atom is -0.320 e. The number of rotatable bonds is 7. The Morgan fingerprint density at radius 3 is 2.18 bits per heavy atom. The minimum atomic E-state index is 0.0784. The Morgan fingerprint density at radius 2 is 1.46 bits per heavy atom. The topological polar surface area (TPSA) is 20.3 Å². The fraction of sp³-hybridized carbons (Fsp3) is 0.240. The van der Waals surface area contributed by atoms with Crippen LogP contribution in [0.3, 0.4) is 0 Å². The maximum atomic E-state index is 13.2. The fourth-order valence-corrected chi connectivity index (χ4v) is 5.20. The van der Waals surface area contributed by atoms with E-state index < -0.39 is 0 Å². The number of aryl methyl sites for hydroxylation is 1. The summed E-state index contributed by atoms with van der Waals surface area (Å²) in [6.45, 7) is 2.18. The molecule has 0 fully saturated rings. The molecule has 1 aliphatic rings. The lowest BCUT2D eigenvalue weighted by Crippen LogP contribution is -2.35. The van der Waals surface area contributed by atoms with E-state index in [4.69, 9.17) is 0 Å². The highest BCUT2D eigenvalue weighted by Crippen LogP contribution is 2.44. The highest BCUT2D eigenvalue weighted by Gasteiger charge is 2.39. The molecule has 4 rings (SSSR count). The first-order chi connectivity index (χ1) is 13.7. The van der Waals surface area contributed by atoms with Crippen LogP contribution in [0.15, 0.2) is 84.9 Å². The first-order valence-corrected chi connectivity index (χ1v) is 10.9. The normalized spacial score (nSPS) is 16.8. The number of hydrogen-bond donors (Lipinski definition) is 0. The molecule has 1 amide bonds. The van der Waals surface area contributed by atoms with Gasteiger partial charge in [0, 0.05) is 17.4 Å². The Morgan fingerprint density at radius 1 is 0.857 bits per heavy atom. The van der Waals surface area contributed by atoms with Crippen LogP contribution >= 0.6 is 11.8 Å². The lowest BCUT2D eigenvalue weighted by Gasteiger charge is -2.31. The lowest BCUT2D eigenvalue weighted by molar-refractivity contribution is 0.0703. The van der Waals surface area contributed by atoms with Gasteiger partial charge in [-0.15, -0.1) is 11.8 Å². The van der Waals surface area contributed by atoms with Crippen LogP contribution in [0, 0.1) is 0 Å². The number of fused-ring (bicyclic) bond motifs is 1. The van der Waals surface area contributed by atoms with Crippen molar-refractivity contribution in [3.05, 3.63) is 107 Å². The van der Waals surface area contributed by atoms with Crippen molar-refractivity contribution in [3.8, 4) is 0 Å². The molecule has 142 valence electrons. The Labute approximate surface area is 171 Å². The molecule has 0 aliphatic carbocycles. The minimum absolute atomic E-state index is 0.0784. The molecule has 3 aromatic carbocycles. The van der Waals surface area contributed by atoms with Gasteiger partial charge in [0.2, 0.25) is 0 Å². The van der Waals surface area contributed by atoms with Gasteiger partial charge >= 0.3 is 0 Å². The summed E-state index contributed by atoms with van der Waals surface area (Å²) in [7, 11) is 0. The Bertz CT molecular complexity index is 926. The maximum Gasteiger partial charge on any atom is 0.255 e. The van der Waals surface area contributed by atoms with Gasteiger partial charge in [-0.25, -0.2) is 0 Å². The lowest BCUT2D eigenvalue weighted by atomic mass is 10.1. The van der Waals surface area contributed by atoms with Gasteiger partial charge in [-0.05, 0) is 42.5 Å². The van der Waals surface area contributed by atoms with Crippen LogP contribution < -0.4 is 0 Å². The number of thioether (sulfide) groups is 1. The molecule has 2 nitrogen and oxygen atoms in total. The van der Waals surface area contributed by atoms with E-state index in [0.717, 1.165) is 29.7 Å². The number of amides is 1. The van der Waals surface area contributed by atoms with E-state index in [1.807, 2.05) is 42.1 Å². The summed E-state index contributed by atoms with van der Waals surface area (Å²) in [6, 6.07) is 29.3. The van der Waals surface area contributed by atoms with E-state index in [1.54, 1.807) is 0 Å². The molecule has 0 radical (unpaired) electrons. The second kappa shape index (κ2) is 8.66. The number of nitrogens with zero attached hydrogens (tertiary/aromatic N) is 1. The monoisotopic (exact) mass is 387 g/mol. The third-order valence-corrected chi connectivity index (χ3v) is 6.66. The molecular weight excluding hydrogens is 362 g/mol. The Balaban J connectivity index is 1.52. The van der Waals surface area contributed by atoms with Crippen molar-refractivity contribution < 1.29 is 4.79 Å². The average Bonchev–Trinajstić information content (AvgIpc) is 3.04. The smallest absolute Gasteiger partial charge is 0.255 e. The average molecular weight is 388 g/mol. The van der Waals surface area contributed by atoms with E-state index in [0.29, 0.717) is 0 Å². The quantitative estimate of drug-likeness (QED) is 0.488. The first-order valence-electron chi connectivity index (χ1n) is 9.85. The van der Waals surface area contributed by atoms with Crippen molar-refractivity contribution in [2.24, 2.45) is 0 Å². The summed E-state index contributed by atoms with van der Waals surface area (Å²) in [5.74, 6) is 1.07. The van der Waals surface area contributed by atoms with E-state index in [1.165, 1.54) is 11.1 Å². The van der Waals surface area contributed by atoms with E-state index in [-0.39, 0.29) is 17.3 Å². The summed E-state index contributed by atoms with van der Waals surface area (Å²) in [4.78, 5) is 15.3. The molecule has 1 heterocycles. The zero-order valence-corrected chi connectivity index (χ0v) is 16.9. The van der Waals surface area contributed by atoms with Gasteiger partial charge < -0.3 is 4.90 Å². The predicted molar refractivity (Wildman–Crippen MR) is 117 cm³/mol. The van der Waals surface area contributed by atoms with Crippen LogP contribution in [0.25, 0.3) is 0 Å². The molecule has 3 aromatic rings. The number of carbonyl (C=O) groups is 1.